The van der Waals surface area contributed by atoms with Crippen molar-refractivity contribution in [1.82, 2.24) is 0 Å². The van der Waals surface area contributed by atoms with Crippen LogP contribution in [0.15, 0.2) is 23.6 Å². The number of ether oxygens (including phenoxy) is 1. The van der Waals surface area contributed by atoms with Crippen LogP contribution in [0.3, 0.4) is 0 Å². The zero-order chi connectivity index (χ0) is 20.7. The summed E-state index contributed by atoms with van der Waals surface area (Å²) in [5, 5.41) is 1.87. The highest BCUT2D eigenvalue weighted by Crippen LogP contribution is 2.33. The Kier molecular flexibility index (Phi) is 5.30. The van der Waals surface area contributed by atoms with Gasteiger partial charge in [-0.25, -0.2) is 4.79 Å². The first-order valence-electron chi connectivity index (χ1n) is 10.1. The molecule has 2 unspecified atom stereocenters. The lowest BCUT2D eigenvalue weighted by molar-refractivity contribution is -0.116. The number of anilines is 1. The summed E-state index contributed by atoms with van der Waals surface area (Å²) >= 11 is 1.61. The van der Waals surface area contributed by atoms with Crippen LogP contribution in [0.5, 0.6) is 0 Å². The second-order valence-electron chi connectivity index (χ2n) is 8.08. The monoisotopic (exact) mass is 411 g/mol. The quantitative estimate of drug-likeness (QED) is 0.558. The molecule has 1 aliphatic carbocycles. The lowest BCUT2D eigenvalue weighted by Crippen LogP contribution is -2.26. The van der Waals surface area contributed by atoms with Gasteiger partial charge < -0.3 is 9.64 Å². The van der Waals surface area contributed by atoms with Gasteiger partial charge in [-0.2, -0.15) is 0 Å². The third kappa shape index (κ3) is 3.73. The molecule has 2 aromatic rings. The van der Waals surface area contributed by atoms with Gasteiger partial charge in [-0.15, -0.1) is 11.3 Å². The Morgan fingerprint density at radius 1 is 1.24 bits per heavy atom. The molecule has 0 saturated carbocycles. The van der Waals surface area contributed by atoms with Crippen LogP contribution in [0.4, 0.5) is 5.69 Å². The van der Waals surface area contributed by atoms with E-state index in [-0.39, 0.29) is 11.7 Å². The number of Topliss-reactive ketones (excluding diaryl/α,β-unsaturated/α-hetero) is 1. The highest BCUT2D eigenvalue weighted by Gasteiger charge is 2.28. The Morgan fingerprint density at radius 2 is 2.03 bits per heavy atom. The molecule has 2 heterocycles. The Morgan fingerprint density at radius 3 is 2.79 bits per heavy atom. The largest absolute Gasteiger partial charge is 0.451 e. The number of amides is 1. The molecule has 0 radical (unpaired) electrons. The van der Waals surface area contributed by atoms with Crippen LogP contribution in [0.2, 0.25) is 0 Å². The van der Waals surface area contributed by atoms with Crippen molar-refractivity contribution in [2.24, 2.45) is 5.92 Å². The van der Waals surface area contributed by atoms with Crippen LogP contribution in [0, 0.1) is 5.92 Å². The fourth-order valence-electron chi connectivity index (χ4n) is 4.24. The molecule has 4 rings (SSSR count). The summed E-state index contributed by atoms with van der Waals surface area (Å²) in [5.74, 6) is 0.00447. The summed E-state index contributed by atoms with van der Waals surface area (Å²) in [6.45, 7) is 6.03. The summed E-state index contributed by atoms with van der Waals surface area (Å²) in [6, 6.07) is 5.33. The number of esters is 1. The number of benzene rings is 1. The fourth-order valence-corrected chi connectivity index (χ4v) is 5.48. The van der Waals surface area contributed by atoms with Crippen LogP contribution < -0.4 is 4.90 Å². The topological polar surface area (TPSA) is 63.7 Å². The van der Waals surface area contributed by atoms with E-state index in [0.29, 0.717) is 23.6 Å². The normalized spacial score (nSPS) is 18.7. The van der Waals surface area contributed by atoms with E-state index in [9.17, 15) is 14.4 Å². The molecule has 0 bridgehead atoms. The first-order chi connectivity index (χ1) is 13.8. The fraction of sp³-hybridized carbons (Fsp3) is 0.435. The maximum atomic E-state index is 12.8. The SMILES string of the molecule is CC(=O)N1CCc2cc(C(=O)C(C)OC(=O)c3csc4c3CCC(C)C4)ccc21. The average Bonchev–Trinajstić information content (AvgIpc) is 3.30. The minimum atomic E-state index is -0.857. The average molecular weight is 412 g/mol. The maximum absolute atomic E-state index is 12.8. The van der Waals surface area contributed by atoms with Crippen LogP contribution in [0.25, 0.3) is 0 Å². The summed E-state index contributed by atoms with van der Waals surface area (Å²) < 4.78 is 5.54. The number of fused-ring (bicyclic) bond motifs is 2. The lowest BCUT2D eigenvalue weighted by atomic mass is 9.88. The predicted molar refractivity (Wildman–Crippen MR) is 113 cm³/mol. The molecule has 0 fully saturated rings. The van der Waals surface area contributed by atoms with E-state index in [1.165, 1.54) is 4.88 Å². The molecule has 1 aliphatic heterocycles. The van der Waals surface area contributed by atoms with Crippen LogP contribution in [-0.2, 0) is 28.8 Å². The highest BCUT2D eigenvalue weighted by molar-refractivity contribution is 7.10. The second-order valence-corrected chi connectivity index (χ2v) is 9.04. The summed E-state index contributed by atoms with van der Waals surface area (Å²) in [5.41, 5.74) is 4.06. The summed E-state index contributed by atoms with van der Waals surface area (Å²) in [4.78, 5) is 40.2. The van der Waals surface area contributed by atoms with Gasteiger partial charge in [0.1, 0.15) is 0 Å². The minimum absolute atomic E-state index is 0.00128. The van der Waals surface area contributed by atoms with Gasteiger partial charge in [0.2, 0.25) is 11.7 Å². The van der Waals surface area contributed by atoms with Crippen molar-refractivity contribution >= 4 is 34.7 Å². The van der Waals surface area contributed by atoms with E-state index in [0.717, 1.165) is 42.5 Å². The molecule has 0 saturated heterocycles. The molecule has 2 atom stereocenters. The number of hydrogen-bond acceptors (Lipinski definition) is 5. The van der Waals surface area contributed by atoms with Gasteiger partial charge in [0.25, 0.3) is 0 Å². The van der Waals surface area contributed by atoms with Gasteiger partial charge in [-0.3, -0.25) is 9.59 Å². The van der Waals surface area contributed by atoms with E-state index >= 15 is 0 Å². The molecule has 6 heteroatoms. The molecule has 2 aliphatic rings. The van der Waals surface area contributed by atoms with Crippen molar-refractivity contribution in [3.8, 4) is 0 Å². The smallest absolute Gasteiger partial charge is 0.339 e. The molecule has 1 amide bonds. The number of rotatable bonds is 4. The van der Waals surface area contributed by atoms with Gasteiger partial charge in [0, 0.05) is 35.0 Å². The Labute approximate surface area is 174 Å². The van der Waals surface area contributed by atoms with Crippen molar-refractivity contribution < 1.29 is 19.1 Å². The van der Waals surface area contributed by atoms with Gasteiger partial charge in [-0.05, 0) is 67.9 Å². The Balaban J connectivity index is 1.47. The van der Waals surface area contributed by atoms with Crippen molar-refractivity contribution in [2.45, 2.75) is 52.6 Å². The van der Waals surface area contributed by atoms with Gasteiger partial charge in [0.05, 0.1) is 5.56 Å². The number of thiophene rings is 1. The van der Waals surface area contributed by atoms with Gasteiger partial charge in [0.15, 0.2) is 6.10 Å². The standard InChI is InChI=1S/C23H25NO4S/c1-13-4-6-18-19(12-29-21(18)10-13)23(27)28-14(2)22(26)17-5-7-20-16(11-17)8-9-24(20)15(3)25/h5,7,11-14H,4,6,8-10H2,1-3H3. The third-order valence-corrected chi connectivity index (χ3v) is 6.97. The number of carbonyl (C=O) groups is 3. The molecule has 1 aromatic carbocycles. The van der Waals surface area contributed by atoms with E-state index in [1.807, 2.05) is 17.5 Å². The van der Waals surface area contributed by atoms with Gasteiger partial charge >= 0.3 is 5.97 Å². The maximum Gasteiger partial charge on any atom is 0.339 e. The Hall–Kier alpha value is -2.47. The molecular formula is C23H25NO4S. The van der Waals surface area contributed by atoms with E-state index in [2.05, 4.69) is 6.92 Å². The Bertz CT molecular complexity index is 993. The molecule has 0 spiro atoms. The minimum Gasteiger partial charge on any atom is -0.451 e. The van der Waals surface area contributed by atoms with Crippen LogP contribution in [-0.4, -0.2) is 30.3 Å². The molecule has 5 nitrogen and oxygen atoms in total. The lowest BCUT2D eigenvalue weighted by Gasteiger charge is -2.19. The first kappa shape index (κ1) is 19.8. The zero-order valence-electron chi connectivity index (χ0n) is 17.0. The highest BCUT2D eigenvalue weighted by atomic mass is 32.1. The molecule has 1 aromatic heterocycles. The van der Waals surface area contributed by atoms with Crippen molar-refractivity contribution in [3.05, 3.63) is 50.7 Å². The van der Waals surface area contributed by atoms with Crippen LogP contribution >= 0.6 is 11.3 Å². The van der Waals surface area contributed by atoms with Gasteiger partial charge in [-0.1, -0.05) is 6.92 Å². The van der Waals surface area contributed by atoms with E-state index in [4.69, 9.17) is 4.74 Å². The van der Waals surface area contributed by atoms with Crippen molar-refractivity contribution in [1.29, 1.82) is 0 Å². The van der Waals surface area contributed by atoms with E-state index in [1.54, 1.807) is 36.2 Å². The van der Waals surface area contributed by atoms with Crippen LogP contribution in [0.1, 0.15) is 63.9 Å². The molecule has 0 N–H and O–H groups in total. The summed E-state index contributed by atoms with van der Waals surface area (Å²) in [6.07, 6.45) is 2.84. The van der Waals surface area contributed by atoms with E-state index < -0.39 is 12.1 Å². The number of carbonyl (C=O) groups excluding carboxylic acids is 3. The van der Waals surface area contributed by atoms with Crippen molar-refractivity contribution in [2.75, 3.05) is 11.4 Å². The second kappa shape index (κ2) is 7.75. The molecule has 152 valence electrons. The zero-order valence-corrected chi connectivity index (χ0v) is 17.8. The number of nitrogens with zero attached hydrogens (tertiary/aromatic N) is 1. The third-order valence-electron chi connectivity index (χ3n) is 5.91. The number of hydrogen-bond donors (Lipinski definition) is 0. The van der Waals surface area contributed by atoms with Crippen molar-refractivity contribution in [3.63, 3.8) is 0 Å². The molecule has 29 heavy (non-hydrogen) atoms. The first-order valence-corrected chi connectivity index (χ1v) is 11.0. The number of ketones is 1. The molecular weight excluding hydrogens is 386 g/mol. The predicted octanol–water partition coefficient (Wildman–Crippen LogP) is 4.21. The summed E-state index contributed by atoms with van der Waals surface area (Å²) in [7, 11) is 0.